The fourth-order valence-electron chi connectivity index (χ4n) is 3.09. The van der Waals surface area contributed by atoms with Crippen molar-refractivity contribution in [3.63, 3.8) is 0 Å². The van der Waals surface area contributed by atoms with Crippen LogP contribution in [0.3, 0.4) is 0 Å². The highest BCUT2D eigenvalue weighted by Crippen LogP contribution is 2.33. The zero-order valence-corrected chi connectivity index (χ0v) is 14.4. The van der Waals surface area contributed by atoms with Crippen LogP contribution in [0.25, 0.3) is 33.4 Å². The fraction of sp³-hybridized carbons (Fsp3) is 0. The molecule has 0 nitrogen and oxygen atoms in total. The fourth-order valence-corrected chi connectivity index (χ4v) is 3.21. The van der Waals surface area contributed by atoms with Crippen LogP contribution >= 0.6 is 11.6 Å². The van der Waals surface area contributed by atoms with Gasteiger partial charge in [-0.05, 0) is 45.5 Å². The van der Waals surface area contributed by atoms with Gasteiger partial charge in [-0.15, -0.1) is 0 Å². The van der Waals surface area contributed by atoms with Gasteiger partial charge in [0.25, 0.3) is 0 Å². The second-order valence-corrected chi connectivity index (χ2v) is 6.43. The summed E-state index contributed by atoms with van der Waals surface area (Å²) in [5.74, 6) is 0. The average Bonchev–Trinajstić information content (AvgIpc) is 2.69. The van der Waals surface area contributed by atoms with Gasteiger partial charge >= 0.3 is 0 Å². The van der Waals surface area contributed by atoms with E-state index in [0.717, 1.165) is 5.02 Å². The van der Waals surface area contributed by atoms with Gasteiger partial charge in [-0.3, -0.25) is 0 Å². The SMILES string of the molecule is Clc1ccc(-c2ccc(-c3ccccc3-c3ccccc3)cc2)cc1. The number of hydrogen-bond donors (Lipinski definition) is 0. The topological polar surface area (TPSA) is 0 Å². The molecule has 4 aromatic carbocycles. The first-order valence-electron chi connectivity index (χ1n) is 8.32. The Morgan fingerprint density at radius 2 is 0.760 bits per heavy atom. The number of hydrogen-bond acceptors (Lipinski definition) is 0. The molecule has 25 heavy (non-hydrogen) atoms. The first-order chi connectivity index (χ1) is 12.3. The molecule has 4 aromatic rings. The Morgan fingerprint density at radius 1 is 0.360 bits per heavy atom. The van der Waals surface area contributed by atoms with Gasteiger partial charge < -0.3 is 0 Å². The number of rotatable bonds is 3. The molecule has 0 saturated carbocycles. The monoisotopic (exact) mass is 340 g/mol. The Hall–Kier alpha value is -2.83. The quantitative estimate of drug-likeness (QED) is 0.366. The molecule has 0 aromatic heterocycles. The van der Waals surface area contributed by atoms with E-state index in [1.807, 2.05) is 18.2 Å². The van der Waals surface area contributed by atoms with Crippen LogP contribution < -0.4 is 0 Å². The molecule has 0 spiro atoms. The highest BCUT2D eigenvalue weighted by molar-refractivity contribution is 6.30. The molecule has 0 amide bonds. The highest BCUT2D eigenvalue weighted by Gasteiger charge is 2.07. The van der Waals surface area contributed by atoms with Gasteiger partial charge in [0, 0.05) is 5.02 Å². The van der Waals surface area contributed by atoms with Crippen LogP contribution in [-0.4, -0.2) is 0 Å². The standard InChI is InChI=1S/C24H17Cl/c25-22-16-14-19(15-17-22)18-10-12-21(13-11-18)24-9-5-4-8-23(24)20-6-2-1-3-7-20/h1-17H. The predicted molar refractivity (Wildman–Crippen MR) is 108 cm³/mol. The van der Waals surface area contributed by atoms with Crippen LogP contribution in [0.5, 0.6) is 0 Å². The van der Waals surface area contributed by atoms with Crippen molar-refractivity contribution in [3.05, 3.63) is 108 Å². The van der Waals surface area contributed by atoms with Gasteiger partial charge in [0.05, 0.1) is 0 Å². The molecule has 0 fully saturated rings. The van der Waals surface area contributed by atoms with Crippen molar-refractivity contribution in [1.82, 2.24) is 0 Å². The summed E-state index contributed by atoms with van der Waals surface area (Å²) in [7, 11) is 0. The first kappa shape index (κ1) is 15.7. The van der Waals surface area contributed by atoms with Crippen LogP contribution in [-0.2, 0) is 0 Å². The molecule has 1 heteroatoms. The summed E-state index contributed by atoms with van der Waals surface area (Å²) in [6, 6.07) is 35.7. The van der Waals surface area contributed by atoms with Gasteiger partial charge in [-0.25, -0.2) is 0 Å². The van der Waals surface area contributed by atoms with Gasteiger partial charge in [-0.2, -0.15) is 0 Å². The third-order valence-electron chi connectivity index (χ3n) is 4.39. The molecule has 0 bridgehead atoms. The Bertz CT molecular complexity index is 968. The summed E-state index contributed by atoms with van der Waals surface area (Å²) in [5.41, 5.74) is 7.32. The van der Waals surface area contributed by atoms with Gasteiger partial charge in [0.2, 0.25) is 0 Å². The molecule has 0 heterocycles. The summed E-state index contributed by atoms with van der Waals surface area (Å²) in [6.07, 6.45) is 0. The summed E-state index contributed by atoms with van der Waals surface area (Å²) in [4.78, 5) is 0. The lowest BCUT2D eigenvalue weighted by Crippen LogP contribution is -1.85. The molecular weight excluding hydrogens is 324 g/mol. The van der Waals surface area contributed by atoms with Crippen molar-refractivity contribution in [3.8, 4) is 33.4 Å². The maximum atomic E-state index is 5.98. The van der Waals surface area contributed by atoms with Crippen LogP contribution in [0.15, 0.2) is 103 Å². The molecule has 0 atom stereocenters. The Kier molecular flexibility index (Phi) is 4.37. The lowest BCUT2D eigenvalue weighted by molar-refractivity contribution is 1.57. The minimum atomic E-state index is 0.761. The van der Waals surface area contributed by atoms with Crippen molar-refractivity contribution in [1.29, 1.82) is 0 Å². The van der Waals surface area contributed by atoms with E-state index in [0.29, 0.717) is 0 Å². The van der Waals surface area contributed by atoms with Crippen molar-refractivity contribution >= 4 is 11.6 Å². The highest BCUT2D eigenvalue weighted by atomic mass is 35.5. The van der Waals surface area contributed by atoms with Crippen molar-refractivity contribution in [2.75, 3.05) is 0 Å². The molecule has 0 radical (unpaired) electrons. The smallest absolute Gasteiger partial charge is 0.0406 e. The summed E-state index contributed by atoms with van der Waals surface area (Å²) in [5, 5.41) is 0.761. The summed E-state index contributed by atoms with van der Waals surface area (Å²) < 4.78 is 0. The van der Waals surface area contributed by atoms with E-state index in [1.165, 1.54) is 33.4 Å². The van der Waals surface area contributed by atoms with E-state index >= 15 is 0 Å². The average molecular weight is 341 g/mol. The van der Waals surface area contributed by atoms with Crippen molar-refractivity contribution < 1.29 is 0 Å². The zero-order valence-electron chi connectivity index (χ0n) is 13.7. The van der Waals surface area contributed by atoms with Gasteiger partial charge in [-0.1, -0.05) is 103 Å². The van der Waals surface area contributed by atoms with Crippen LogP contribution in [0, 0.1) is 0 Å². The Morgan fingerprint density at radius 3 is 1.32 bits per heavy atom. The van der Waals surface area contributed by atoms with Gasteiger partial charge in [0.1, 0.15) is 0 Å². The van der Waals surface area contributed by atoms with E-state index in [-0.39, 0.29) is 0 Å². The van der Waals surface area contributed by atoms with E-state index in [4.69, 9.17) is 11.6 Å². The molecule has 120 valence electrons. The first-order valence-corrected chi connectivity index (χ1v) is 8.70. The molecule has 0 aliphatic carbocycles. The third kappa shape index (κ3) is 3.35. The zero-order chi connectivity index (χ0) is 17.1. The lowest BCUT2D eigenvalue weighted by atomic mass is 9.93. The van der Waals surface area contributed by atoms with Crippen molar-refractivity contribution in [2.45, 2.75) is 0 Å². The minimum Gasteiger partial charge on any atom is -0.0843 e. The molecule has 0 saturated heterocycles. The Labute approximate surface area is 153 Å². The molecule has 0 aliphatic rings. The molecule has 0 unspecified atom stereocenters. The minimum absolute atomic E-state index is 0.761. The van der Waals surface area contributed by atoms with E-state index in [2.05, 4.69) is 84.9 Å². The van der Waals surface area contributed by atoms with E-state index in [9.17, 15) is 0 Å². The molecule has 0 aliphatic heterocycles. The molecule has 4 rings (SSSR count). The van der Waals surface area contributed by atoms with E-state index in [1.54, 1.807) is 0 Å². The van der Waals surface area contributed by atoms with Crippen LogP contribution in [0.4, 0.5) is 0 Å². The van der Waals surface area contributed by atoms with Crippen LogP contribution in [0.2, 0.25) is 5.02 Å². The molecular formula is C24H17Cl. The van der Waals surface area contributed by atoms with Crippen molar-refractivity contribution in [2.24, 2.45) is 0 Å². The summed E-state index contributed by atoms with van der Waals surface area (Å²) >= 11 is 5.98. The van der Waals surface area contributed by atoms with E-state index < -0.39 is 0 Å². The second-order valence-electron chi connectivity index (χ2n) is 6.00. The maximum absolute atomic E-state index is 5.98. The third-order valence-corrected chi connectivity index (χ3v) is 4.64. The number of benzene rings is 4. The normalized spacial score (nSPS) is 10.6. The number of halogens is 1. The predicted octanol–water partition coefficient (Wildman–Crippen LogP) is 7.34. The largest absolute Gasteiger partial charge is 0.0843 e. The second kappa shape index (κ2) is 6.96. The maximum Gasteiger partial charge on any atom is 0.0406 e. The van der Waals surface area contributed by atoms with Crippen LogP contribution in [0.1, 0.15) is 0 Å². The Balaban J connectivity index is 1.73. The van der Waals surface area contributed by atoms with Gasteiger partial charge in [0.15, 0.2) is 0 Å². The molecule has 0 N–H and O–H groups in total. The lowest BCUT2D eigenvalue weighted by Gasteiger charge is -2.11. The summed E-state index contributed by atoms with van der Waals surface area (Å²) in [6.45, 7) is 0.